The molecular weight excluding hydrogens is 298 g/mol. The second kappa shape index (κ2) is 7.27. The maximum atomic E-state index is 4.50. The van der Waals surface area contributed by atoms with Gasteiger partial charge in [-0.2, -0.15) is 10.2 Å². The van der Waals surface area contributed by atoms with Crippen molar-refractivity contribution in [1.82, 2.24) is 24.9 Å². The molecule has 0 fully saturated rings. The summed E-state index contributed by atoms with van der Waals surface area (Å²) in [5.41, 5.74) is 5.52. The predicted octanol–water partition coefficient (Wildman–Crippen LogP) is 3.40. The normalized spacial score (nSPS) is 11.1. The molecule has 124 valence electrons. The topological polar surface area (TPSA) is 49.7 Å². The van der Waals surface area contributed by atoms with Crippen LogP contribution in [0.3, 0.4) is 0 Å². The molecule has 0 bridgehead atoms. The van der Waals surface area contributed by atoms with E-state index in [-0.39, 0.29) is 0 Å². The van der Waals surface area contributed by atoms with E-state index in [4.69, 9.17) is 0 Å². The van der Waals surface area contributed by atoms with Gasteiger partial charge in [0.2, 0.25) is 0 Å². The summed E-state index contributed by atoms with van der Waals surface area (Å²) in [5, 5.41) is 12.1. The molecule has 5 heteroatoms. The molecule has 3 aromatic rings. The molecule has 0 aliphatic rings. The third kappa shape index (κ3) is 3.81. The third-order valence-corrected chi connectivity index (χ3v) is 3.95. The van der Waals surface area contributed by atoms with Gasteiger partial charge in [0, 0.05) is 36.1 Å². The van der Waals surface area contributed by atoms with Crippen LogP contribution in [-0.4, -0.2) is 31.9 Å². The molecule has 1 aromatic carbocycles. The Morgan fingerprint density at radius 1 is 1.25 bits per heavy atom. The second-order valence-corrected chi connectivity index (χ2v) is 6.07. The predicted molar refractivity (Wildman–Crippen MR) is 96.4 cm³/mol. The number of aromatic nitrogens is 4. The van der Waals surface area contributed by atoms with Gasteiger partial charge >= 0.3 is 0 Å². The molecule has 0 radical (unpaired) electrons. The number of aromatic amines is 1. The highest BCUT2D eigenvalue weighted by molar-refractivity contribution is 5.58. The van der Waals surface area contributed by atoms with Crippen molar-refractivity contribution in [3.8, 4) is 11.3 Å². The molecule has 0 aliphatic carbocycles. The number of nitrogens with zero attached hydrogens (tertiary/aromatic N) is 4. The fourth-order valence-electron chi connectivity index (χ4n) is 2.78. The van der Waals surface area contributed by atoms with Crippen LogP contribution in [0, 0.1) is 6.92 Å². The zero-order chi connectivity index (χ0) is 16.9. The molecule has 2 heterocycles. The quantitative estimate of drug-likeness (QED) is 0.679. The van der Waals surface area contributed by atoms with E-state index in [1.54, 1.807) is 0 Å². The number of hydrogen-bond donors (Lipinski definition) is 1. The molecule has 1 N–H and O–H groups in total. The molecule has 0 spiro atoms. The van der Waals surface area contributed by atoms with E-state index < -0.39 is 0 Å². The van der Waals surface area contributed by atoms with Gasteiger partial charge in [-0.15, -0.1) is 6.58 Å². The fraction of sp³-hybridized carbons (Fsp3) is 0.263. The van der Waals surface area contributed by atoms with E-state index in [0.717, 1.165) is 42.3 Å². The monoisotopic (exact) mass is 321 g/mol. The van der Waals surface area contributed by atoms with E-state index in [2.05, 4.69) is 58.2 Å². The summed E-state index contributed by atoms with van der Waals surface area (Å²) >= 11 is 0. The zero-order valence-electron chi connectivity index (χ0n) is 14.2. The number of nitrogens with one attached hydrogen (secondary N) is 1. The number of rotatable bonds is 7. The highest BCUT2D eigenvalue weighted by Crippen LogP contribution is 2.18. The van der Waals surface area contributed by atoms with Crippen LogP contribution in [0.1, 0.15) is 17.0 Å². The number of H-pyrrole nitrogens is 1. The smallest absolute Gasteiger partial charge is 0.0924 e. The van der Waals surface area contributed by atoms with Crippen LogP contribution in [0.15, 0.2) is 55.3 Å². The number of aryl methyl sites for hydroxylation is 1. The lowest BCUT2D eigenvalue weighted by atomic mass is 10.1. The summed E-state index contributed by atoms with van der Waals surface area (Å²) in [4.78, 5) is 2.25. The van der Waals surface area contributed by atoms with Crippen LogP contribution in [0.5, 0.6) is 0 Å². The maximum absolute atomic E-state index is 4.50. The Kier molecular flexibility index (Phi) is 4.91. The molecule has 0 saturated heterocycles. The number of benzene rings is 1. The first kappa shape index (κ1) is 16.2. The lowest BCUT2D eigenvalue weighted by Crippen LogP contribution is -2.17. The van der Waals surface area contributed by atoms with Gasteiger partial charge in [-0.05, 0) is 20.0 Å². The molecule has 0 aliphatic heterocycles. The summed E-state index contributed by atoms with van der Waals surface area (Å²) in [6, 6.07) is 12.3. The average molecular weight is 321 g/mol. The van der Waals surface area contributed by atoms with Gasteiger partial charge in [0.15, 0.2) is 0 Å². The largest absolute Gasteiger partial charge is 0.296 e. The van der Waals surface area contributed by atoms with Crippen molar-refractivity contribution in [2.45, 2.75) is 26.6 Å². The lowest BCUT2D eigenvalue weighted by Gasteiger charge is -2.14. The molecule has 0 unspecified atom stereocenters. The molecule has 0 atom stereocenters. The minimum absolute atomic E-state index is 0.742. The zero-order valence-corrected chi connectivity index (χ0v) is 14.2. The summed E-state index contributed by atoms with van der Waals surface area (Å²) < 4.78 is 1.93. The maximum Gasteiger partial charge on any atom is 0.0924 e. The summed E-state index contributed by atoms with van der Waals surface area (Å²) in [5.74, 6) is 0. The Hall–Kier alpha value is -2.66. The minimum Gasteiger partial charge on any atom is -0.296 e. The third-order valence-electron chi connectivity index (χ3n) is 3.95. The van der Waals surface area contributed by atoms with Gasteiger partial charge < -0.3 is 0 Å². The Balaban J connectivity index is 1.64. The van der Waals surface area contributed by atoms with Crippen molar-refractivity contribution in [3.63, 3.8) is 0 Å². The van der Waals surface area contributed by atoms with Gasteiger partial charge in [-0.25, -0.2) is 0 Å². The van der Waals surface area contributed by atoms with Crippen molar-refractivity contribution >= 4 is 0 Å². The Morgan fingerprint density at radius 2 is 2.04 bits per heavy atom. The minimum atomic E-state index is 0.742. The van der Waals surface area contributed by atoms with Crippen LogP contribution in [0.2, 0.25) is 0 Å². The molecule has 2 aromatic heterocycles. The average Bonchev–Trinajstić information content (AvgIpc) is 3.16. The van der Waals surface area contributed by atoms with Crippen molar-refractivity contribution in [2.75, 3.05) is 7.05 Å². The van der Waals surface area contributed by atoms with Crippen LogP contribution in [0.4, 0.5) is 0 Å². The highest BCUT2D eigenvalue weighted by Gasteiger charge is 2.10. The van der Waals surface area contributed by atoms with Crippen LogP contribution in [0.25, 0.3) is 11.3 Å². The first-order valence-electron chi connectivity index (χ1n) is 8.08. The molecular formula is C19H23N5. The standard InChI is InChI=1S/C19H23N5/c1-4-10-24-13-17(15(2)22-24)12-23(3)14-18-11-19(21-20-18)16-8-6-5-7-9-16/h4-9,11,13H,1,10,12,14H2,2-3H3,(H,20,21). The van der Waals surface area contributed by atoms with E-state index >= 15 is 0 Å². The molecule has 5 nitrogen and oxygen atoms in total. The fourth-order valence-corrected chi connectivity index (χ4v) is 2.78. The van der Waals surface area contributed by atoms with Crippen LogP contribution in [-0.2, 0) is 19.6 Å². The van der Waals surface area contributed by atoms with E-state index in [9.17, 15) is 0 Å². The van der Waals surface area contributed by atoms with Crippen molar-refractivity contribution in [3.05, 3.63) is 72.2 Å². The van der Waals surface area contributed by atoms with E-state index in [0.29, 0.717) is 0 Å². The molecule has 3 rings (SSSR count). The van der Waals surface area contributed by atoms with E-state index in [1.165, 1.54) is 5.56 Å². The van der Waals surface area contributed by atoms with Gasteiger partial charge in [0.1, 0.15) is 0 Å². The first-order chi connectivity index (χ1) is 11.7. The summed E-state index contributed by atoms with van der Waals surface area (Å²) in [6.07, 6.45) is 3.95. The van der Waals surface area contributed by atoms with Gasteiger partial charge in [-0.3, -0.25) is 14.7 Å². The van der Waals surface area contributed by atoms with E-state index in [1.807, 2.05) is 35.9 Å². The first-order valence-corrected chi connectivity index (χ1v) is 8.08. The SMILES string of the molecule is C=CCn1cc(CN(C)Cc2cc(-c3ccccc3)n[nH]2)c(C)n1. The van der Waals surface area contributed by atoms with Gasteiger partial charge in [0.25, 0.3) is 0 Å². The Morgan fingerprint density at radius 3 is 2.79 bits per heavy atom. The van der Waals surface area contributed by atoms with Gasteiger partial charge in [0.05, 0.1) is 17.9 Å². The number of hydrogen-bond acceptors (Lipinski definition) is 3. The molecule has 24 heavy (non-hydrogen) atoms. The lowest BCUT2D eigenvalue weighted by molar-refractivity contribution is 0.314. The van der Waals surface area contributed by atoms with Crippen molar-refractivity contribution in [1.29, 1.82) is 0 Å². The molecule has 0 saturated carbocycles. The Bertz CT molecular complexity index is 800. The highest BCUT2D eigenvalue weighted by atomic mass is 15.3. The van der Waals surface area contributed by atoms with Crippen molar-refractivity contribution < 1.29 is 0 Å². The Labute approximate surface area is 142 Å². The van der Waals surface area contributed by atoms with Crippen LogP contribution >= 0.6 is 0 Å². The second-order valence-electron chi connectivity index (χ2n) is 6.07. The number of allylic oxidation sites excluding steroid dienone is 1. The summed E-state index contributed by atoms with van der Waals surface area (Å²) in [6.45, 7) is 8.21. The molecule has 0 amide bonds. The van der Waals surface area contributed by atoms with Gasteiger partial charge in [-0.1, -0.05) is 36.4 Å². The van der Waals surface area contributed by atoms with Crippen molar-refractivity contribution in [2.24, 2.45) is 0 Å². The summed E-state index contributed by atoms with van der Waals surface area (Å²) in [7, 11) is 2.10. The van der Waals surface area contributed by atoms with Crippen LogP contribution < -0.4 is 0 Å².